The normalized spacial score (nSPS) is 7.72. The van der Waals surface area contributed by atoms with E-state index in [1.807, 2.05) is 39.1 Å². The van der Waals surface area contributed by atoms with Crippen LogP contribution in [0.4, 0.5) is 5.82 Å². The molecule has 0 aliphatic heterocycles. The molecule has 0 amide bonds. The van der Waals surface area contributed by atoms with Crippen molar-refractivity contribution in [1.82, 2.24) is 9.97 Å². The molecule has 1 heterocycles. The molecule has 0 aliphatic rings. The van der Waals surface area contributed by atoms with Gasteiger partial charge in [-0.15, -0.1) is 0 Å². The van der Waals surface area contributed by atoms with Crippen LogP contribution in [-0.4, -0.2) is 24.9 Å². The van der Waals surface area contributed by atoms with Crippen molar-refractivity contribution in [2.75, 3.05) is 12.4 Å². The maximum Gasteiger partial charge on any atom is 0.137 e. The summed E-state index contributed by atoms with van der Waals surface area (Å²) in [5.41, 5.74) is 1.62. The van der Waals surface area contributed by atoms with Crippen molar-refractivity contribution >= 4 is 30.0 Å². The fourth-order valence-electron chi connectivity index (χ4n) is 1.27. The van der Waals surface area contributed by atoms with Crippen LogP contribution in [0.2, 0.25) is 0 Å². The topological polar surface area (TPSA) is 37.8 Å². The molecule has 1 aromatic heterocycles. The van der Waals surface area contributed by atoms with Gasteiger partial charge in [0.2, 0.25) is 0 Å². The number of nitrogens with zero attached hydrogens (tertiary/aromatic N) is 2. The number of aromatic nitrogens is 2. The van der Waals surface area contributed by atoms with E-state index in [1.165, 1.54) is 6.33 Å². The summed E-state index contributed by atoms with van der Waals surface area (Å²) in [5, 5.41) is 3.94. The zero-order valence-electron chi connectivity index (χ0n) is 9.73. The van der Waals surface area contributed by atoms with Crippen LogP contribution in [0.25, 0.3) is 10.9 Å². The Morgan fingerprint density at radius 3 is 2.28 bits per heavy atom. The molecular formula is C13H22BN3V. The fraction of sp³-hybridized carbons (Fsp3) is 0.385. The van der Waals surface area contributed by atoms with Gasteiger partial charge in [-0.2, -0.15) is 0 Å². The van der Waals surface area contributed by atoms with Crippen molar-refractivity contribution in [3.63, 3.8) is 0 Å². The van der Waals surface area contributed by atoms with Crippen LogP contribution in [0.1, 0.15) is 28.7 Å². The van der Waals surface area contributed by atoms with E-state index in [2.05, 4.69) is 15.3 Å². The number of benzene rings is 1. The van der Waals surface area contributed by atoms with Gasteiger partial charge < -0.3 is 5.32 Å². The van der Waals surface area contributed by atoms with Crippen LogP contribution in [0, 0.1) is 0 Å². The molecule has 0 atom stereocenters. The number of anilines is 1. The zero-order chi connectivity index (χ0) is 11.3. The maximum absolute atomic E-state index is 5.66. The summed E-state index contributed by atoms with van der Waals surface area (Å²) in [5.74, 6) is 0.803. The van der Waals surface area contributed by atoms with E-state index in [4.69, 9.17) is 7.85 Å². The van der Waals surface area contributed by atoms with Crippen LogP contribution in [0.15, 0.2) is 24.5 Å². The SMILES string of the molecule is C.C.CC.[B]c1ccc2ncnc(NC)c2c1.[V]. The van der Waals surface area contributed by atoms with E-state index >= 15 is 0 Å². The Kier molecular flexibility index (Phi) is 13.7. The van der Waals surface area contributed by atoms with Crippen molar-refractivity contribution < 1.29 is 18.6 Å². The minimum absolute atomic E-state index is 0. The predicted octanol–water partition coefficient (Wildman–Crippen LogP) is 2.76. The number of nitrogens with one attached hydrogen (secondary N) is 1. The number of rotatable bonds is 1. The van der Waals surface area contributed by atoms with Crippen molar-refractivity contribution in [1.29, 1.82) is 0 Å². The minimum Gasteiger partial charge on any atom is -0.373 e. The van der Waals surface area contributed by atoms with E-state index in [0.29, 0.717) is 0 Å². The molecule has 2 rings (SSSR count). The molecule has 3 nitrogen and oxygen atoms in total. The van der Waals surface area contributed by atoms with Gasteiger partial charge in [0.25, 0.3) is 0 Å². The van der Waals surface area contributed by atoms with Crippen molar-refractivity contribution in [2.24, 2.45) is 0 Å². The minimum atomic E-state index is 0. The maximum atomic E-state index is 5.66. The molecule has 2 aromatic rings. The van der Waals surface area contributed by atoms with Crippen molar-refractivity contribution in [2.45, 2.75) is 28.7 Å². The Hall–Kier alpha value is -0.991. The second kappa shape index (κ2) is 11.1. The summed E-state index contributed by atoms with van der Waals surface area (Å²) in [6, 6.07) is 5.57. The van der Waals surface area contributed by atoms with Gasteiger partial charge in [-0.1, -0.05) is 46.3 Å². The van der Waals surface area contributed by atoms with Crippen LogP contribution >= 0.6 is 0 Å². The fourth-order valence-corrected chi connectivity index (χ4v) is 1.27. The average molecular weight is 282 g/mol. The van der Waals surface area contributed by atoms with Crippen LogP contribution in [-0.2, 0) is 18.6 Å². The molecule has 3 radical (unpaired) electrons. The smallest absolute Gasteiger partial charge is 0.137 e. The molecule has 0 saturated heterocycles. The average Bonchev–Trinajstić information content (AvgIpc) is 2.31. The van der Waals surface area contributed by atoms with Crippen LogP contribution in [0.5, 0.6) is 0 Å². The van der Waals surface area contributed by atoms with Gasteiger partial charge >= 0.3 is 0 Å². The molecule has 0 bridgehead atoms. The third kappa shape index (κ3) is 5.11. The predicted molar refractivity (Wildman–Crippen MR) is 79.3 cm³/mol. The van der Waals surface area contributed by atoms with Gasteiger partial charge in [-0.05, 0) is 6.07 Å². The largest absolute Gasteiger partial charge is 0.373 e. The molecule has 5 heteroatoms. The Labute approximate surface area is 124 Å². The second-order valence-electron chi connectivity index (χ2n) is 2.75. The Morgan fingerprint density at radius 1 is 1.11 bits per heavy atom. The molecule has 0 aliphatic carbocycles. The number of hydrogen-bond acceptors (Lipinski definition) is 3. The summed E-state index contributed by atoms with van der Waals surface area (Å²) < 4.78 is 0. The molecule has 0 unspecified atom stereocenters. The summed E-state index contributed by atoms with van der Waals surface area (Å²) in [4.78, 5) is 8.21. The van der Waals surface area contributed by atoms with E-state index in [9.17, 15) is 0 Å². The number of fused-ring (bicyclic) bond motifs is 1. The quantitative estimate of drug-likeness (QED) is 0.817. The summed E-state index contributed by atoms with van der Waals surface area (Å²) >= 11 is 0. The first kappa shape index (κ1) is 22.2. The van der Waals surface area contributed by atoms with E-state index < -0.39 is 0 Å². The van der Waals surface area contributed by atoms with Gasteiger partial charge in [-0.25, -0.2) is 9.97 Å². The van der Waals surface area contributed by atoms with Crippen LogP contribution in [0.3, 0.4) is 0 Å². The Morgan fingerprint density at radius 2 is 1.72 bits per heavy atom. The first-order valence-electron chi connectivity index (χ1n) is 4.99. The van der Waals surface area contributed by atoms with Gasteiger partial charge in [-0.3, -0.25) is 0 Å². The zero-order valence-corrected chi connectivity index (χ0v) is 11.1. The van der Waals surface area contributed by atoms with Crippen molar-refractivity contribution in [3.05, 3.63) is 24.5 Å². The summed E-state index contributed by atoms with van der Waals surface area (Å²) in [6.07, 6.45) is 1.53. The monoisotopic (exact) mass is 282 g/mol. The molecule has 0 saturated carbocycles. The second-order valence-corrected chi connectivity index (χ2v) is 2.75. The molecule has 1 N–H and O–H groups in total. The van der Waals surface area contributed by atoms with E-state index in [-0.39, 0.29) is 33.4 Å². The van der Waals surface area contributed by atoms with Gasteiger partial charge in [0, 0.05) is 31.0 Å². The molecule has 1 aromatic carbocycles. The molecule has 0 spiro atoms. The Balaban J connectivity index is -0.000000429. The summed E-state index contributed by atoms with van der Waals surface area (Å²) in [6.45, 7) is 4.00. The first-order valence-corrected chi connectivity index (χ1v) is 4.99. The van der Waals surface area contributed by atoms with E-state index in [0.717, 1.165) is 22.2 Å². The standard InChI is InChI=1S/C9H8BN3.C2H6.2CH4.V/c1-11-9-7-4-6(10)2-3-8(7)12-5-13-9;1-2;;;/h2-5H,1H3,(H,11,12,13);1-2H3;2*1H4;. The number of hydrogen-bond donors (Lipinski definition) is 1. The summed E-state index contributed by atoms with van der Waals surface area (Å²) in [7, 11) is 7.49. The molecule has 18 heavy (non-hydrogen) atoms. The van der Waals surface area contributed by atoms with E-state index in [1.54, 1.807) is 0 Å². The molecule has 0 fully saturated rings. The first-order chi connectivity index (χ1) is 7.31. The van der Waals surface area contributed by atoms with Gasteiger partial charge in [0.05, 0.1) is 5.52 Å². The molecular weight excluding hydrogens is 260 g/mol. The third-order valence-electron chi connectivity index (χ3n) is 1.90. The molecule has 97 valence electrons. The van der Waals surface area contributed by atoms with Crippen molar-refractivity contribution in [3.8, 4) is 0 Å². The van der Waals surface area contributed by atoms with Crippen LogP contribution < -0.4 is 10.8 Å². The van der Waals surface area contributed by atoms with Gasteiger partial charge in [0.15, 0.2) is 0 Å². The Bertz CT molecular complexity index is 449. The van der Waals surface area contributed by atoms with Gasteiger partial charge in [0.1, 0.15) is 20.0 Å². The third-order valence-corrected chi connectivity index (χ3v) is 1.90.